The molecule has 2 N–H and O–H groups in total. The predicted molar refractivity (Wildman–Crippen MR) is 91.6 cm³/mol. The second-order valence-electron chi connectivity index (χ2n) is 6.33. The lowest BCUT2D eigenvalue weighted by molar-refractivity contribution is -0.00841. The van der Waals surface area contributed by atoms with Crippen molar-refractivity contribution in [2.45, 2.75) is 51.2 Å². The number of likely N-dealkylation sites (tertiary alicyclic amines) is 1. The molecule has 0 saturated carbocycles. The smallest absolute Gasteiger partial charge is 0.141 e. The van der Waals surface area contributed by atoms with Crippen LogP contribution in [-0.4, -0.2) is 48.4 Å². The van der Waals surface area contributed by atoms with E-state index in [1.807, 2.05) is 18.2 Å². The Bertz CT molecular complexity index is 452. The number of methoxy groups -OCH3 is 1. The minimum absolute atomic E-state index is 0.476. The summed E-state index contributed by atoms with van der Waals surface area (Å²) in [5, 5.41) is 14.1. The summed E-state index contributed by atoms with van der Waals surface area (Å²) in [6, 6.07) is 8.55. The molecule has 0 spiro atoms. The maximum atomic E-state index is 10.5. The van der Waals surface area contributed by atoms with Crippen LogP contribution in [0.4, 0.5) is 5.69 Å². The first-order valence-corrected chi connectivity index (χ1v) is 8.44. The van der Waals surface area contributed by atoms with Crippen molar-refractivity contribution in [1.29, 1.82) is 0 Å². The van der Waals surface area contributed by atoms with Crippen molar-refractivity contribution in [2.75, 3.05) is 32.1 Å². The lowest BCUT2D eigenvalue weighted by Gasteiger charge is -2.38. The normalized spacial score (nSPS) is 17.5. The van der Waals surface area contributed by atoms with Gasteiger partial charge < -0.3 is 20.1 Å². The molecule has 0 radical (unpaired) electrons. The van der Waals surface area contributed by atoms with Crippen molar-refractivity contribution in [1.82, 2.24) is 4.90 Å². The van der Waals surface area contributed by atoms with E-state index in [1.54, 1.807) is 7.11 Å². The quantitative estimate of drug-likeness (QED) is 0.812. The van der Waals surface area contributed by atoms with E-state index in [0.717, 1.165) is 56.8 Å². The van der Waals surface area contributed by atoms with E-state index in [2.05, 4.69) is 30.1 Å². The average molecular weight is 306 g/mol. The summed E-state index contributed by atoms with van der Waals surface area (Å²) in [5.41, 5.74) is 0.546. The molecular weight excluding hydrogens is 276 g/mol. The fourth-order valence-electron chi connectivity index (χ4n) is 3.11. The van der Waals surface area contributed by atoms with E-state index in [-0.39, 0.29) is 0 Å². The molecule has 1 aromatic rings. The first kappa shape index (κ1) is 17.1. The number of piperidine rings is 1. The molecule has 4 heteroatoms. The molecule has 1 aromatic carbocycles. The molecule has 22 heavy (non-hydrogen) atoms. The third-order valence-corrected chi connectivity index (χ3v) is 4.89. The maximum Gasteiger partial charge on any atom is 0.141 e. The van der Waals surface area contributed by atoms with Gasteiger partial charge in [0.15, 0.2) is 0 Å². The highest BCUT2D eigenvalue weighted by atomic mass is 16.5. The number of hydrogen-bond acceptors (Lipinski definition) is 4. The van der Waals surface area contributed by atoms with Gasteiger partial charge in [-0.2, -0.15) is 0 Å². The molecule has 0 aromatic heterocycles. The van der Waals surface area contributed by atoms with Crippen molar-refractivity contribution in [3.8, 4) is 5.75 Å². The minimum atomic E-state index is -0.525. The van der Waals surface area contributed by atoms with Crippen LogP contribution in [-0.2, 0) is 0 Å². The van der Waals surface area contributed by atoms with Crippen LogP contribution >= 0.6 is 0 Å². The summed E-state index contributed by atoms with van der Waals surface area (Å²) in [6.07, 6.45) is 3.84. The number of rotatable bonds is 7. The molecule has 1 saturated heterocycles. The molecular formula is C18H30N2O2. The molecule has 4 nitrogen and oxygen atoms in total. The second kappa shape index (κ2) is 7.84. The summed E-state index contributed by atoms with van der Waals surface area (Å²) in [5.74, 6) is 0.899. The Morgan fingerprint density at radius 2 is 1.86 bits per heavy atom. The van der Waals surface area contributed by atoms with Gasteiger partial charge in [-0.1, -0.05) is 26.0 Å². The molecule has 0 unspecified atom stereocenters. The first-order valence-electron chi connectivity index (χ1n) is 8.44. The van der Waals surface area contributed by atoms with Crippen molar-refractivity contribution < 1.29 is 9.84 Å². The lowest BCUT2D eigenvalue weighted by atomic mass is 9.95. The fraction of sp³-hybridized carbons (Fsp3) is 0.667. The Balaban J connectivity index is 1.85. The van der Waals surface area contributed by atoms with Gasteiger partial charge in [-0.05, 0) is 37.8 Å². The summed E-state index contributed by atoms with van der Waals surface area (Å²) in [6.45, 7) is 7.00. The topological polar surface area (TPSA) is 44.7 Å². The van der Waals surface area contributed by atoms with Gasteiger partial charge in [0.25, 0.3) is 0 Å². The second-order valence-corrected chi connectivity index (χ2v) is 6.33. The molecule has 0 aliphatic carbocycles. The molecule has 1 fully saturated rings. The largest absolute Gasteiger partial charge is 0.495 e. The number of benzene rings is 1. The van der Waals surface area contributed by atoms with E-state index in [0.29, 0.717) is 6.04 Å². The fourth-order valence-corrected chi connectivity index (χ4v) is 3.11. The molecule has 0 bridgehead atoms. The minimum Gasteiger partial charge on any atom is -0.495 e. The van der Waals surface area contributed by atoms with Crippen molar-refractivity contribution >= 4 is 5.69 Å². The van der Waals surface area contributed by atoms with Crippen LogP contribution in [0, 0.1) is 0 Å². The van der Waals surface area contributed by atoms with E-state index in [1.165, 1.54) is 0 Å². The Morgan fingerprint density at radius 3 is 2.45 bits per heavy atom. The third-order valence-electron chi connectivity index (χ3n) is 4.89. The monoisotopic (exact) mass is 306 g/mol. The maximum absolute atomic E-state index is 10.5. The number of nitrogens with one attached hydrogen (secondary N) is 1. The van der Waals surface area contributed by atoms with E-state index >= 15 is 0 Å². The van der Waals surface area contributed by atoms with Crippen molar-refractivity contribution in [3.63, 3.8) is 0 Å². The SMILES string of the molecule is CCC(O)(CC)CN1CCC(Nc2ccccc2OC)CC1. The van der Waals surface area contributed by atoms with Gasteiger partial charge in [-0.15, -0.1) is 0 Å². The molecule has 1 heterocycles. The molecule has 2 rings (SSSR count). The highest BCUT2D eigenvalue weighted by Crippen LogP contribution is 2.26. The van der Waals surface area contributed by atoms with Gasteiger partial charge in [-0.25, -0.2) is 0 Å². The summed E-state index contributed by atoms with van der Waals surface area (Å²) in [4.78, 5) is 2.40. The van der Waals surface area contributed by atoms with E-state index in [4.69, 9.17) is 4.74 Å². The zero-order valence-corrected chi connectivity index (χ0v) is 14.1. The van der Waals surface area contributed by atoms with Crippen LogP contribution in [0.25, 0.3) is 0 Å². The van der Waals surface area contributed by atoms with Gasteiger partial charge >= 0.3 is 0 Å². The molecule has 0 amide bonds. The van der Waals surface area contributed by atoms with Gasteiger partial charge in [-0.3, -0.25) is 0 Å². The van der Waals surface area contributed by atoms with Crippen molar-refractivity contribution in [3.05, 3.63) is 24.3 Å². The summed E-state index contributed by atoms with van der Waals surface area (Å²) < 4.78 is 5.40. The van der Waals surface area contributed by atoms with E-state index < -0.39 is 5.60 Å². The van der Waals surface area contributed by atoms with Crippen LogP contribution < -0.4 is 10.1 Å². The standard InChI is InChI=1S/C18H30N2O2/c1-4-18(21,5-2)14-20-12-10-15(11-13-20)19-16-8-6-7-9-17(16)22-3/h6-9,15,19,21H,4-5,10-14H2,1-3H3. The van der Waals surface area contributed by atoms with Crippen LogP contribution in [0.5, 0.6) is 5.75 Å². The zero-order valence-electron chi connectivity index (χ0n) is 14.1. The highest BCUT2D eigenvalue weighted by molar-refractivity contribution is 5.56. The van der Waals surface area contributed by atoms with Crippen LogP contribution in [0.1, 0.15) is 39.5 Å². The Hall–Kier alpha value is -1.26. The Morgan fingerprint density at radius 1 is 1.23 bits per heavy atom. The number of hydrogen-bond donors (Lipinski definition) is 2. The number of nitrogens with zero attached hydrogens (tertiary/aromatic N) is 1. The Labute approximate surface area is 134 Å². The number of β-amino-alcohol motifs (C(OH)–C–C–N with tert-alkyl or cyclic N) is 1. The van der Waals surface area contributed by atoms with Crippen molar-refractivity contribution in [2.24, 2.45) is 0 Å². The van der Waals surface area contributed by atoms with Gasteiger partial charge in [0.2, 0.25) is 0 Å². The first-order chi connectivity index (χ1) is 10.6. The Kier molecular flexibility index (Phi) is 6.09. The number of ether oxygens (including phenoxy) is 1. The third kappa shape index (κ3) is 4.37. The van der Waals surface area contributed by atoms with Crippen LogP contribution in [0.15, 0.2) is 24.3 Å². The summed E-state index contributed by atoms with van der Waals surface area (Å²) >= 11 is 0. The average Bonchev–Trinajstić information content (AvgIpc) is 2.57. The van der Waals surface area contributed by atoms with Crippen LogP contribution in [0.2, 0.25) is 0 Å². The van der Waals surface area contributed by atoms with E-state index in [9.17, 15) is 5.11 Å². The van der Waals surface area contributed by atoms with Gasteiger partial charge in [0.05, 0.1) is 18.4 Å². The number of aliphatic hydroxyl groups is 1. The molecule has 1 aliphatic rings. The summed E-state index contributed by atoms with van der Waals surface area (Å²) in [7, 11) is 1.71. The molecule has 1 aliphatic heterocycles. The zero-order chi connectivity index (χ0) is 16.0. The van der Waals surface area contributed by atoms with Crippen LogP contribution in [0.3, 0.4) is 0 Å². The van der Waals surface area contributed by atoms with Gasteiger partial charge in [0.1, 0.15) is 5.75 Å². The number of anilines is 1. The molecule has 0 atom stereocenters. The lowest BCUT2D eigenvalue weighted by Crippen LogP contribution is -2.47. The molecule has 124 valence electrons. The predicted octanol–water partition coefficient (Wildman–Crippen LogP) is 3.12. The highest BCUT2D eigenvalue weighted by Gasteiger charge is 2.28. The van der Waals surface area contributed by atoms with Gasteiger partial charge in [0, 0.05) is 25.7 Å². The number of para-hydroxylation sites is 2.